The average molecular weight is 311 g/mol. The van der Waals surface area contributed by atoms with Gasteiger partial charge in [-0.2, -0.15) is 0 Å². The van der Waals surface area contributed by atoms with Crippen molar-refractivity contribution in [1.82, 2.24) is 4.90 Å². The first-order chi connectivity index (χ1) is 11.1. The van der Waals surface area contributed by atoms with Crippen LogP contribution in [0.5, 0.6) is 0 Å². The first-order valence-corrected chi connectivity index (χ1v) is 8.08. The molecule has 2 aromatic carbocycles. The van der Waals surface area contributed by atoms with Crippen LogP contribution in [0.1, 0.15) is 30.1 Å². The molecule has 120 valence electrons. The highest BCUT2D eigenvalue weighted by Crippen LogP contribution is 2.20. The largest absolute Gasteiger partial charge is 0.452 e. The summed E-state index contributed by atoms with van der Waals surface area (Å²) in [6.45, 7) is 3.52. The number of carbonyl (C=O) groups excluding carboxylic acids is 2. The number of piperidine rings is 1. The zero-order valence-corrected chi connectivity index (χ0v) is 13.3. The minimum absolute atomic E-state index is 0.106. The first kappa shape index (κ1) is 15.5. The Morgan fingerprint density at radius 2 is 1.78 bits per heavy atom. The molecule has 1 aliphatic rings. The van der Waals surface area contributed by atoms with E-state index in [1.165, 1.54) is 0 Å². The van der Waals surface area contributed by atoms with Crippen molar-refractivity contribution >= 4 is 22.6 Å². The molecule has 4 heteroatoms. The molecule has 0 aromatic heterocycles. The summed E-state index contributed by atoms with van der Waals surface area (Å²) in [5.74, 6) is 0.114. The van der Waals surface area contributed by atoms with Crippen molar-refractivity contribution in [3.8, 4) is 0 Å². The lowest BCUT2D eigenvalue weighted by Gasteiger charge is -2.30. The first-order valence-electron chi connectivity index (χ1n) is 8.08. The molecule has 1 aliphatic heterocycles. The van der Waals surface area contributed by atoms with Crippen molar-refractivity contribution < 1.29 is 14.3 Å². The Bertz CT molecular complexity index is 712. The SMILES string of the molecule is CC1CCN(C(=O)COC(=O)c2cccc3ccccc23)CC1. The van der Waals surface area contributed by atoms with E-state index in [2.05, 4.69) is 6.92 Å². The topological polar surface area (TPSA) is 46.6 Å². The van der Waals surface area contributed by atoms with Gasteiger partial charge in [0.1, 0.15) is 0 Å². The van der Waals surface area contributed by atoms with Gasteiger partial charge in [-0.25, -0.2) is 4.79 Å². The number of benzene rings is 2. The zero-order valence-electron chi connectivity index (χ0n) is 13.3. The lowest BCUT2D eigenvalue weighted by atomic mass is 9.99. The van der Waals surface area contributed by atoms with Crippen molar-refractivity contribution in [1.29, 1.82) is 0 Å². The third-order valence-corrected chi connectivity index (χ3v) is 4.47. The quantitative estimate of drug-likeness (QED) is 0.817. The van der Waals surface area contributed by atoms with Gasteiger partial charge in [-0.1, -0.05) is 43.3 Å². The van der Waals surface area contributed by atoms with Gasteiger partial charge < -0.3 is 9.64 Å². The molecule has 0 atom stereocenters. The van der Waals surface area contributed by atoms with Crippen molar-refractivity contribution in [2.24, 2.45) is 5.92 Å². The molecule has 0 aliphatic carbocycles. The maximum absolute atomic E-state index is 12.3. The smallest absolute Gasteiger partial charge is 0.339 e. The summed E-state index contributed by atoms with van der Waals surface area (Å²) < 4.78 is 5.25. The number of carbonyl (C=O) groups is 2. The van der Waals surface area contributed by atoms with Gasteiger partial charge in [0.25, 0.3) is 5.91 Å². The third-order valence-electron chi connectivity index (χ3n) is 4.47. The molecule has 0 radical (unpaired) electrons. The van der Waals surface area contributed by atoms with Crippen LogP contribution >= 0.6 is 0 Å². The van der Waals surface area contributed by atoms with Gasteiger partial charge in [0.05, 0.1) is 5.56 Å². The van der Waals surface area contributed by atoms with Gasteiger partial charge in [0, 0.05) is 13.1 Å². The van der Waals surface area contributed by atoms with Gasteiger partial charge in [-0.3, -0.25) is 4.79 Å². The summed E-state index contributed by atoms with van der Waals surface area (Å²) in [4.78, 5) is 26.2. The molecule has 0 saturated carbocycles. The molecule has 23 heavy (non-hydrogen) atoms. The van der Waals surface area contributed by atoms with Crippen LogP contribution in [-0.4, -0.2) is 36.5 Å². The molecule has 1 amide bonds. The summed E-state index contributed by atoms with van der Waals surface area (Å²) in [6, 6.07) is 13.2. The zero-order chi connectivity index (χ0) is 16.2. The molecule has 2 aromatic rings. The van der Waals surface area contributed by atoms with Crippen LogP contribution in [0.15, 0.2) is 42.5 Å². The summed E-state index contributed by atoms with van der Waals surface area (Å²) in [5, 5.41) is 1.83. The van der Waals surface area contributed by atoms with Crippen LogP contribution in [0.3, 0.4) is 0 Å². The molecule has 0 unspecified atom stereocenters. The number of rotatable bonds is 3. The summed E-state index contributed by atoms with van der Waals surface area (Å²) in [6.07, 6.45) is 2.03. The number of ether oxygens (including phenoxy) is 1. The van der Waals surface area contributed by atoms with E-state index >= 15 is 0 Å². The van der Waals surface area contributed by atoms with Crippen LogP contribution in [0.2, 0.25) is 0 Å². The predicted molar refractivity (Wildman–Crippen MR) is 89.2 cm³/mol. The molecule has 1 saturated heterocycles. The molecule has 1 heterocycles. The number of amides is 1. The lowest BCUT2D eigenvalue weighted by Crippen LogP contribution is -2.40. The minimum Gasteiger partial charge on any atom is -0.452 e. The molecular weight excluding hydrogens is 290 g/mol. The Hall–Kier alpha value is -2.36. The van der Waals surface area contributed by atoms with Gasteiger partial charge in [-0.05, 0) is 35.6 Å². The molecule has 3 rings (SSSR count). The number of hydrogen-bond acceptors (Lipinski definition) is 3. The summed E-state index contributed by atoms with van der Waals surface area (Å²) in [5.41, 5.74) is 0.503. The van der Waals surface area contributed by atoms with Crippen molar-refractivity contribution in [3.63, 3.8) is 0 Å². The van der Waals surface area contributed by atoms with E-state index in [-0.39, 0.29) is 12.5 Å². The van der Waals surface area contributed by atoms with Crippen LogP contribution in [-0.2, 0) is 9.53 Å². The van der Waals surface area contributed by atoms with E-state index in [4.69, 9.17) is 4.74 Å². The van der Waals surface area contributed by atoms with Crippen molar-refractivity contribution in [3.05, 3.63) is 48.0 Å². The highest BCUT2D eigenvalue weighted by Gasteiger charge is 2.21. The number of hydrogen-bond donors (Lipinski definition) is 0. The number of fused-ring (bicyclic) bond motifs is 1. The fourth-order valence-electron chi connectivity index (χ4n) is 2.96. The van der Waals surface area contributed by atoms with Crippen LogP contribution in [0.4, 0.5) is 0 Å². The van der Waals surface area contributed by atoms with Gasteiger partial charge in [0.15, 0.2) is 6.61 Å². The standard InChI is InChI=1S/C19H21NO3/c1-14-9-11-20(12-10-14)18(21)13-23-19(22)17-8-4-6-15-5-2-3-7-16(15)17/h2-8,14H,9-13H2,1H3. The van der Waals surface area contributed by atoms with E-state index in [9.17, 15) is 9.59 Å². The molecule has 1 fully saturated rings. The van der Waals surface area contributed by atoms with E-state index in [0.717, 1.165) is 36.7 Å². The molecule has 4 nitrogen and oxygen atoms in total. The minimum atomic E-state index is -0.444. The highest BCUT2D eigenvalue weighted by molar-refractivity contribution is 6.04. The van der Waals surface area contributed by atoms with E-state index in [1.807, 2.05) is 36.4 Å². The lowest BCUT2D eigenvalue weighted by molar-refractivity contribution is -0.135. The number of nitrogens with zero attached hydrogens (tertiary/aromatic N) is 1. The van der Waals surface area contributed by atoms with Gasteiger partial charge in [-0.15, -0.1) is 0 Å². The van der Waals surface area contributed by atoms with E-state index in [0.29, 0.717) is 11.5 Å². The van der Waals surface area contributed by atoms with E-state index in [1.54, 1.807) is 11.0 Å². The molecule has 0 N–H and O–H groups in total. The monoisotopic (exact) mass is 311 g/mol. The van der Waals surface area contributed by atoms with Gasteiger partial charge in [0.2, 0.25) is 0 Å². The van der Waals surface area contributed by atoms with Crippen molar-refractivity contribution in [2.75, 3.05) is 19.7 Å². The van der Waals surface area contributed by atoms with E-state index < -0.39 is 5.97 Å². The van der Waals surface area contributed by atoms with Crippen LogP contribution in [0.25, 0.3) is 10.8 Å². The highest BCUT2D eigenvalue weighted by atomic mass is 16.5. The van der Waals surface area contributed by atoms with Crippen LogP contribution < -0.4 is 0 Å². The van der Waals surface area contributed by atoms with Gasteiger partial charge >= 0.3 is 5.97 Å². The average Bonchev–Trinajstić information content (AvgIpc) is 2.59. The third kappa shape index (κ3) is 3.52. The fraction of sp³-hybridized carbons (Fsp3) is 0.368. The second-order valence-electron chi connectivity index (χ2n) is 6.17. The Kier molecular flexibility index (Phi) is 4.60. The number of esters is 1. The second-order valence-corrected chi connectivity index (χ2v) is 6.17. The Morgan fingerprint density at radius 1 is 1.09 bits per heavy atom. The summed E-state index contributed by atoms with van der Waals surface area (Å²) in [7, 11) is 0. The Morgan fingerprint density at radius 3 is 2.57 bits per heavy atom. The predicted octanol–water partition coefficient (Wildman–Crippen LogP) is 3.26. The van der Waals surface area contributed by atoms with Crippen molar-refractivity contribution in [2.45, 2.75) is 19.8 Å². The maximum Gasteiger partial charge on any atom is 0.339 e. The summed E-state index contributed by atoms with van der Waals surface area (Å²) >= 11 is 0. The Balaban J connectivity index is 1.64. The molecule has 0 bridgehead atoms. The molecule has 0 spiro atoms. The normalized spacial score (nSPS) is 15.6. The fourth-order valence-corrected chi connectivity index (χ4v) is 2.96. The maximum atomic E-state index is 12.3. The second kappa shape index (κ2) is 6.82. The number of likely N-dealkylation sites (tertiary alicyclic amines) is 1. The Labute approximate surface area is 136 Å². The molecular formula is C19H21NO3. The van der Waals surface area contributed by atoms with Crippen LogP contribution in [0, 0.1) is 5.92 Å².